The molecule has 1 atom stereocenters. The van der Waals surface area contributed by atoms with Crippen LogP contribution in [0.1, 0.15) is 22.3 Å². The third-order valence-corrected chi connectivity index (χ3v) is 5.98. The van der Waals surface area contributed by atoms with Crippen LogP contribution < -0.4 is 10.6 Å². The van der Waals surface area contributed by atoms with Gasteiger partial charge in [0.2, 0.25) is 5.66 Å². The second-order valence-corrected chi connectivity index (χ2v) is 7.65. The van der Waals surface area contributed by atoms with E-state index in [1.54, 1.807) is 4.90 Å². The van der Waals surface area contributed by atoms with Crippen LogP contribution in [0.5, 0.6) is 0 Å². The molecule has 1 spiro atoms. The zero-order chi connectivity index (χ0) is 19.8. The van der Waals surface area contributed by atoms with Crippen LogP contribution in [0.4, 0.5) is 11.4 Å². The summed E-state index contributed by atoms with van der Waals surface area (Å²) in [4.78, 5) is 30.8. The van der Waals surface area contributed by atoms with Gasteiger partial charge in [-0.2, -0.15) is 0 Å². The Labute approximate surface area is 169 Å². The van der Waals surface area contributed by atoms with Crippen molar-refractivity contribution in [3.05, 3.63) is 59.7 Å². The Morgan fingerprint density at radius 3 is 2.48 bits per heavy atom. The van der Waals surface area contributed by atoms with Crippen LogP contribution in [-0.2, 0) is 15.2 Å². The van der Waals surface area contributed by atoms with Crippen LogP contribution in [0.2, 0.25) is 0 Å². The third kappa shape index (κ3) is 2.89. The lowest BCUT2D eigenvalue weighted by atomic mass is 9.92. The molecule has 7 nitrogen and oxygen atoms in total. The molecule has 2 N–H and O–H groups in total. The van der Waals surface area contributed by atoms with E-state index in [4.69, 9.17) is 4.74 Å². The van der Waals surface area contributed by atoms with E-state index >= 15 is 0 Å². The fourth-order valence-electron chi connectivity index (χ4n) is 4.52. The Hall–Kier alpha value is -2.90. The lowest BCUT2D eigenvalue weighted by Gasteiger charge is -2.45. The van der Waals surface area contributed by atoms with E-state index in [0.29, 0.717) is 17.8 Å². The molecule has 7 heteroatoms. The number of carbonyl (C=O) groups excluding carboxylic acids is 2. The molecule has 0 unspecified atom stereocenters. The zero-order valence-corrected chi connectivity index (χ0v) is 16.2. The topological polar surface area (TPSA) is 73.9 Å². The van der Waals surface area contributed by atoms with Crippen molar-refractivity contribution in [3.8, 4) is 0 Å². The van der Waals surface area contributed by atoms with Crippen LogP contribution in [0.3, 0.4) is 0 Å². The van der Waals surface area contributed by atoms with Gasteiger partial charge in [-0.3, -0.25) is 14.5 Å². The SMILES string of the molecule is O=C1c2ccccc2N[C@@]2(C(=O)Nc3ccccc32)N1CCCN1CCOCC1. The largest absolute Gasteiger partial charge is 0.379 e. The smallest absolute Gasteiger partial charge is 0.276 e. The van der Waals surface area contributed by atoms with Crippen LogP contribution in [0.15, 0.2) is 48.5 Å². The number of anilines is 2. The highest BCUT2D eigenvalue weighted by Gasteiger charge is 2.56. The van der Waals surface area contributed by atoms with E-state index in [0.717, 1.165) is 50.5 Å². The summed E-state index contributed by atoms with van der Waals surface area (Å²) in [6.45, 7) is 4.66. The summed E-state index contributed by atoms with van der Waals surface area (Å²) in [5.74, 6) is -0.332. The number of ether oxygens (including phenoxy) is 1. The molecule has 1 fully saturated rings. The number of para-hydroxylation sites is 2. The van der Waals surface area contributed by atoms with Crippen molar-refractivity contribution in [2.24, 2.45) is 0 Å². The fraction of sp³-hybridized carbons (Fsp3) is 0.364. The highest BCUT2D eigenvalue weighted by atomic mass is 16.5. The number of morpholine rings is 1. The first kappa shape index (κ1) is 18.1. The maximum Gasteiger partial charge on any atom is 0.276 e. The molecule has 2 aromatic rings. The molecule has 2 aromatic carbocycles. The Kier molecular flexibility index (Phi) is 4.49. The molecule has 0 radical (unpaired) electrons. The quantitative estimate of drug-likeness (QED) is 0.834. The fourth-order valence-corrected chi connectivity index (χ4v) is 4.52. The molecule has 0 saturated carbocycles. The van der Waals surface area contributed by atoms with Gasteiger partial charge in [0.1, 0.15) is 0 Å². The molecule has 3 aliphatic heterocycles. The first-order chi connectivity index (χ1) is 14.2. The Balaban J connectivity index is 1.49. The first-order valence-corrected chi connectivity index (χ1v) is 10.1. The number of hydrogen-bond acceptors (Lipinski definition) is 5. The van der Waals surface area contributed by atoms with Gasteiger partial charge in [-0.05, 0) is 24.6 Å². The zero-order valence-electron chi connectivity index (χ0n) is 16.2. The number of hydrogen-bond donors (Lipinski definition) is 2. The molecule has 2 amide bonds. The molecule has 0 aromatic heterocycles. The second-order valence-electron chi connectivity index (χ2n) is 7.65. The minimum atomic E-state index is -1.22. The van der Waals surface area contributed by atoms with Crippen LogP contribution in [0, 0.1) is 0 Å². The Bertz CT molecular complexity index is 957. The van der Waals surface area contributed by atoms with E-state index in [-0.39, 0.29) is 11.8 Å². The van der Waals surface area contributed by atoms with E-state index < -0.39 is 5.66 Å². The van der Waals surface area contributed by atoms with Gasteiger partial charge in [0.25, 0.3) is 11.8 Å². The van der Waals surface area contributed by atoms with Crippen molar-refractivity contribution in [1.29, 1.82) is 0 Å². The van der Waals surface area contributed by atoms with Crippen molar-refractivity contribution >= 4 is 23.2 Å². The first-order valence-electron chi connectivity index (χ1n) is 10.1. The second kappa shape index (κ2) is 7.17. The molecule has 0 bridgehead atoms. The molecular formula is C22H24N4O3. The van der Waals surface area contributed by atoms with Crippen LogP contribution in [-0.4, -0.2) is 61.0 Å². The maximum atomic E-state index is 13.5. The predicted octanol–water partition coefficient (Wildman–Crippen LogP) is 2.08. The summed E-state index contributed by atoms with van der Waals surface area (Å²) in [5, 5.41) is 6.36. The van der Waals surface area contributed by atoms with Gasteiger partial charge >= 0.3 is 0 Å². The Morgan fingerprint density at radius 2 is 1.66 bits per heavy atom. The molecule has 3 heterocycles. The number of nitrogens with zero attached hydrogens (tertiary/aromatic N) is 2. The standard InChI is InChI=1S/C22H24N4O3/c27-20-16-6-1-3-8-18(16)24-22(17-7-2-4-9-19(17)23-21(22)28)26(20)11-5-10-25-12-14-29-15-13-25/h1-4,6-9,24H,5,10-15H2,(H,23,28)/t22-/m1/s1. The molecule has 29 heavy (non-hydrogen) atoms. The minimum absolute atomic E-state index is 0.117. The number of fused-ring (bicyclic) bond motifs is 3. The highest BCUT2D eigenvalue weighted by molar-refractivity contribution is 6.14. The van der Waals surface area contributed by atoms with Crippen molar-refractivity contribution in [1.82, 2.24) is 9.80 Å². The summed E-state index contributed by atoms with van der Waals surface area (Å²) in [6.07, 6.45) is 0.785. The van der Waals surface area contributed by atoms with Gasteiger partial charge in [-0.15, -0.1) is 0 Å². The van der Waals surface area contributed by atoms with Gasteiger partial charge in [-0.1, -0.05) is 30.3 Å². The molecular weight excluding hydrogens is 368 g/mol. The summed E-state index contributed by atoms with van der Waals surface area (Å²) >= 11 is 0. The van der Waals surface area contributed by atoms with Gasteiger partial charge in [0, 0.05) is 43.1 Å². The predicted molar refractivity (Wildman–Crippen MR) is 110 cm³/mol. The maximum absolute atomic E-state index is 13.5. The van der Waals surface area contributed by atoms with Gasteiger partial charge < -0.3 is 20.3 Å². The van der Waals surface area contributed by atoms with E-state index in [1.165, 1.54) is 0 Å². The van der Waals surface area contributed by atoms with E-state index in [2.05, 4.69) is 15.5 Å². The summed E-state index contributed by atoms with van der Waals surface area (Å²) in [5.41, 5.74) is 1.61. The van der Waals surface area contributed by atoms with Gasteiger partial charge in [-0.25, -0.2) is 0 Å². The monoisotopic (exact) mass is 392 g/mol. The molecule has 3 aliphatic rings. The van der Waals surface area contributed by atoms with Crippen molar-refractivity contribution in [2.45, 2.75) is 12.1 Å². The number of carbonyl (C=O) groups is 2. The molecule has 5 rings (SSSR count). The summed E-state index contributed by atoms with van der Waals surface area (Å²) in [7, 11) is 0. The van der Waals surface area contributed by atoms with Crippen molar-refractivity contribution < 1.29 is 14.3 Å². The van der Waals surface area contributed by atoms with E-state index in [9.17, 15) is 9.59 Å². The minimum Gasteiger partial charge on any atom is -0.379 e. The molecule has 1 saturated heterocycles. The average Bonchev–Trinajstić information content (AvgIpc) is 3.03. The number of amides is 2. The van der Waals surface area contributed by atoms with Crippen LogP contribution in [0.25, 0.3) is 0 Å². The average molecular weight is 392 g/mol. The lowest BCUT2D eigenvalue weighted by Crippen LogP contribution is -2.61. The van der Waals surface area contributed by atoms with Crippen molar-refractivity contribution in [2.75, 3.05) is 50.0 Å². The number of nitrogens with one attached hydrogen (secondary N) is 2. The lowest BCUT2D eigenvalue weighted by molar-refractivity contribution is -0.125. The Morgan fingerprint density at radius 1 is 0.931 bits per heavy atom. The highest BCUT2D eigenvalue weighted by Crippen LogP contribution is 2.45. The summed E-state index contributed by atoms with van der Waals surface area (Å²) in [6, 6.07) is 15.0. The van der Waals surface area contributed by atoms with E-state index in [1.807, 2.05) is 48.5 Å². The molecule has 150 valence electrons. The number of benzene rings is 2. The third-order valence-electron chi connectivity index (χ3n) is 5.98. The van der Waals surface area contributed by atoms with Gasteiger partial charge in [0.05, 0.1) is 18.8 Å². The van der Waals surface area contributed by atoms with Crippen LogP contribution >= 0.6 is 0 Å². The van der Waals surface area contributed by atoms with Crippen molar-refractivity contribution in [3.63, 3.8) is 0 Å². The normalized spacial score (nSPS) is 23.5. The molecule has 0 aliphatic carbocycles. The van der Waals surface area contributed by atoms with Gasteiger partial charge in [0.15, 0.2) is 0 Å². The summed E-state index contributed by atoms with van der Waals surface area (Å²) < 4.78 is 5.41. The number of rotatable bonds is 4.